The highest BCUT2D eigenvalue weighted by atomic mass is 35.5. The lowest BCUT2D eigenvalue weighted by atomic mass is 10.0. The van der Waals surface area contributed by atoms with Gasteiger partial charge in [0.1, 0.15) is 11.9 Å². The maximum atomic E-state index is 14.7. The number of carbonyl (C=O) groups is 2. The van der Waals surface area contributed by atoms with Gasteiger partial charge in [-0.3, -0.25) is 9.59 Å². The second-order valence-electron chi connectivity index (χ2n) is 7.22. The summed E-state index contributed by atoms with van der Waals surface area (Å²) >= 11 is 5.92. The Morgan fingerprint density at radius 2 is 1.72 bits per heavy atom. The third-order valence-electron chi connectivity index (χ3n) is 5.02. The Labute approximate surface area is 189 Å². The van der Waals surface area contributed by atoms with Crippen LogP contribution in [-0.4, -0.2) is 27.3 Å². The molecule has 0 radical (unpaired) electrons. The number of imidazole rings is 1. The van der Waals surface area contributed by atoms with Crippen LogP contribution in [0.3, 0.4) is 0 Å². The normalized spacial score (nSPS) is 11.7. The molecule has 3 aromatic carbocycles. The molecule has 4 aromatic rings. The van der Waals surface area contributed by atoms with Crippen LogP contribution in [0.15, 0.2) is 91.5 Å². The molecule has 0 aliphatic heterocycles. The van der Waals surface area contributed by atoms with Crippen molar-refractivity contribution in [2.45, 2.75) is 12.6 Å². The SMILES string of the molecule is O=C(NC(Cn1ccnc1)C(=O)c1ccc(Cl)cc1)c1ccc(-c2ccccc2)c(F)c1. The topological polar surface area (TPSA) is 64.0 Å². The molecule has 1 unspecified atom stereocenters. The van der Waals surface area contributed by atoms with E-state index in [4.69, 9.17) is 11.6 Å². The van der Waals surface area contributed by atoms with Crippen LogP contribution in [0.5, 0.6) is 0 Å². The quantitative estimate of drug-likeness (QED) is 0.404. The lowest BCUT2D eigenvalue weighted by Crippen LogP contribution is -2.43. The molecule has 1 aromatic heterocycles. The van der Waals surface area contributed by atoms with Gasteiger partial charge in [0.15, 0.2) is 5.78 Å². The van der Waals surface area contributed by atoms with Crippen LogP contribution in [0, 0.1) is 5.82 Å². The first-order valence-electron chi connectivity index (χ1n) is 9.92. The zero-order valence-corrected chi connectivity index (χ0v) is 17.7. The number of amides is 1. The Morgan fingerprint density at radius 3 is 2.38 bits per heavy atom. The van der Waals surface area contributed by atoms with Crippen LogP contribution in [0.4, 0.5) is 4.39 Å². The van der Waals surface area contributed by atoms with E-state index in [1.165, 1.54) is 6.07 Å². The molecule has 1 atom stereocenters. The summed E-state index contributed by atoms with van der Waals surface area (Å²) < 4.78 is 16.4. The molecule has 32 heavy (non-hydrogen) atoms. The standard InChI is InChI=1S/C25H19ClFN3O2/c26-20-9-6-18(7-10-20)24(31)23(15-30-13-12-28-16-30)29-25(32)19-8-11-21(22(27)14-19)17-4-2-1-3-5-17/h1-14,16,23H,15H2,(H,29,32). The first-order chi connectivity index (χ1) is 15.5. The average Bonchev–Trinajstić information content (AvgIpc) is 3.32. The zero-order chi connectivity index (χ0) is 22.5. The summed E-state index contributed by atoms with van der Waals surface area (Å²) in [5.74, 6) is -1.35. The number of hydrogen-bond donors (Lipinski definition) is 1. The first kappa shape index (κ1) is 21.5. The number of Topliss-reactive ketones (excluding diaryl/α,β-unsaturated/α-hetero) is 1. The molecule has 0 saturated heterocycles. The van der Waals surface area contributed by atoms with Crippen LogP contribution >= 0.6 is 11.6 Å². The Balaban J connectivity index is 1.57. The number of rotatable bonds is 7. The van der Waals surface area contributed by atoms with Crippen LogP contribution in [0.25, 0.3) is 11.1 Å². The van der Waals surface area contributed by atoms with E-state index in [2.05, 4.69) is 10.3 Å². The molecule has 1 amide bonds. The Hall–Kier alpha value is -3.77. The van der Waals surface area contributed by atoms with Crippen molar-refractivity contribution in [3.8, 4) is 11.1 Å². The van der Waals surface area contributed by atoms with E-state index in [1.54, 1.807) is 71.8 Å². The smallest absolute Gasteiger partial charge is 0.252 e. The molecule has 5 nitrogen and oxygen atoms in total. The summed E-state index contributed by atoms with van der Waals surface area (Å²) in [7, 11) is 0. The highest BCUT2D eigenvalue weighted by Gasteiger charge is 2.24. The van der Waals surface area contributed by atoms with Crippen LogP contribution < -0.4 is 5.32 Å². The van der Waals surface area contributed by atoms with Crippen LogP contribution in [0.1, 0.15) is 20.7 Å². The minimum absolute atomic E-state index is 0.127. The van der Waals surface area contributed by atoms with E-state index in [0.29, 0.717) is 21.7 Å². The second kappa shape index (κ2) is 9.58. The molecular weight excluding hydrogens is 429 g/mol. The summed E-state index contributed by atoms with van der Waals surface area (Å²) in [5, 5.41) is 3.24. The van der Waals surface area contributed by atoms with Crippen molar-refractivity contribution >= 4 is 23.3 Å². The number of nitrogens with one attached hydrogen (secondary N) is 1. The van der Waals surface area contributed by atoms with Crippen molar-refractivity contribution in [3.05, 3.63) is 113 Å². The van der Waals surface area contributed by atoms with Crippen molar-refractivity contribution in [3.63, 3.8) is 0 Å². The predicted molar refractivity (Wildman–Crippen MR) is 121 cm³/mol. The van der Waals surface area contributed by atoms with Gasteiger partial charge in [-0.25, -0.2) is 9.37 Å². The number of ketones is 1. The van der Waals surface area contributed by atoms with Crippen molar-refractivity contribution in [1.29, 1.82) is 0 Å². The Bertz CT molecular complexity index is 1230. The number of carbonyl (C=O) groups excluding carboxylic acids is 2. The number of aromatic nitrogens is 2. The number of nitrogens with zero attached hydrogens (tertiary/aromatic N) is 2. The van der Waals surface area contributed by atoms with Crippen molar-refractivity contribution in [2.24, 2.45) is 0 Å². The van der Waals surface area contributed by atoms with E-state index in [-0.39, 0.29) is 17.9 Å². The minimum atomic E-state index is -0.880. The van der Waals surface area contributed by atoms with Crippen LogP contribution in [0.2, 0.25) is 5.02 Å². The van der Waals surface area contributed by atoms with E-state index in [1.807, 2.05) is 18.2 Å². The monoisotopic (exact) mass is 447 g/mol. The minimum Gasteiger partial charge on any atom is -0.340 e. The number of benzene rings is 3. The van der Waals surface area contributed by atoms with Gasteiger partial charge in [-0.1, -0.05) is 48.0 Å². The fourth-order valence-electron chi connectivity index (χ4n) is 3.36. The van der Waals surface area contributed by atoms with Crippen molar-refractivity contribution in [2.75, 3.05) is 0 Å². The molecule has 0 saturated carbocycles. The average molecular weight is 448 g/mol. The van der Waals surface area contributed by atoms with Crippen LogP contribution in [-0.2, 0) is 6.54 Å². The molecule has 7 heteroatoms. The fraction of sp³-hybridized carbons (Fsp3) is 0.0800. The van der Waals surface area contributed by atoms with Gasteiger partial charge in [0, 0.05) is 34.1 Å². The van der Waals surface area contributed by atoms with Crippen molar-refractivity contribution in [1.82, 2.24) is 14.9 Å². The maximum absolute atomic E-state index is 14.7. The largest absolute Gasteiger partial charge is 0.340 e. The molecule has 0 aliphatic rings. The van der Waals surface area contributed by atoms with Gasteiger partial charge in [0.25, 0.3) is 5.91 Å². The fourth-order valence-corrected chi connectivity index (χ4v) is 3.49. The van der Waals surface area contributed by atoms with Gasteiger partial charge >= 0.3 is 0 Å². The predicted octanol–water partition coefficient (Wildman–Crippen LogP) is 5.02. The van der Waals surface area contributed by atoms with E-state index in [9.17, 15) is 14.0 Å². The van der Waals surface area contributed by atoms with Gasteiger partial charge in [-0.15, -0.1) is 0 Å². The number of halogens is 2. The first-order valence-corrected chi connectivity index (χ1v) is 10.3. The summed E-state index contributed by atoms with van der Waals surface area (Å²) in [4.78, 5) is 30.0. The lowest BCUT2D eigenvalue weighted by Gasteiger charge is -2.19. The molecule has 1 heterocycles. The molecule has 0 aliphatic carbocycles. The second-order valence-corrected chi connectivity index (χ2v) is 7.65. The molecule has 4 rings (SSSR count). The maximum Gasteiger partial charge on any atom is 0.252 e. The van der Waals surface area contributed by atoms with Crippen molar-refractivity contribution < 1.29 is 14.0 Å². The third-order valence-corrected chi connectivity index (χ3v) is 5.27. The van der Waals surface area contributed by atoms with Gasteiger partial charge in [0.05, 0.1) is 12.9 Å². The van der Waals surface area contributed by atoms with Gasteiger partial charge in [-0.05, 0) is 42.0 Å². The molecule has 160 valence electrons. The third kappa shape index (κ3) is 4.92. The van der Waals surface area contributed by atoms with Gasteiger partial charge < -0.3 is 9.88 Å². The Morgan fingerprint density at radius 1 is 1.00 bits per heavy atom. The lowest BCUT2D eigenvalue weighted by molar-refractivity contribution is 0.0847. The van der Waals surface area contributed by atoms with Gasteiger partial charge in [0.2, 0.25) is 0 Å². The number of hydrogen-bond acceptors (Lipinski definition) is 3. The summed E-state index contributed by atoms with van der Waals surface area (Å²) in [6.07, 6.45) is 4.84. The molecule has 0 fully saturated rings. The van der Waals surface area contributed by atoms with Gasteiger partial charge in [-0.2, -0.15) is 0 Å². The van der Waals surface area contributed by atoms with E-state index >= 15 is 0 Å². The highest BCUT2D eigenvalue weighted by molar-refractivity contribution is 6.30. The molecule has 0 spiro atoms. The highest BCUT2D eigenvalue weighted by Crippen LogP contribution is 2.23. The zero-order valence-electron chi connectivity index (χ0n) is 16.9. The summed E-state index contributed by atoms with van der Waals surface area (Å²) in [6.45, 7) is 0.178. The summed E-state index contributed by atoms with van der Waals surface area (Å²) in [5.41, 5.74) is 1.65. The molecular formula is C25H19ClFN3O2. The van der Waals surface area contributed by atoms with E-state index in [0.717, 1.165) is 0 Å². The summed E-state index contributed by atoms with van der Waals surface area (Å²) in [6, 6.07) is 18.9. The Kier molecular flexibility index (Phi) is 6.42. The molecule has 0 bridgehead atoms. The van der Waals surface area contributed by atoms with E-state index < -0.39 is 17.8 Å². The molecule has 1 N–H and O–H groups in total.